The molecule has 27 heteroatoms. The molecule has 1 aliphatic heterocycles. The number of carbonyl (C=O) groups excluding carboxylic acids is 8. The summed E-state index contributed by atoms with van der Waals surface area (Å²) in [4.78, 5) is 135. The number of carboxylic acid groups (broad SMARTS) is 1. The van der Waals surface area contributed by atoms with Gasteiger partial charge in [0, 0.05) is 62.1 Å². The first-order valence-electron chi connectivity index (χ1n) is 24.1. The number of nitrogens with zero attached hydrogens (tertiary/aromatic N) is 2. The van der Waals surface area contributed by atoms with Gasteiger partial charge in [-0.3, -0.25) is 48.3 Å². The molecule has 75 heavy (non-hydrogen) atoms. The Balaban J connectivity index is 1.83. The van der Waals surface area contributed by atoms with Crippen LogP contribution in [0.15, 0.2) is 70.8 Å². The number of rotatable bonds is 19. The number of aliphatic imine (C=N–C) groups is 2. The summed E-state index contributed by atoms with van der Waals surface area (Å²) in [7, 11) is 2.18. The van der Waals surface area contributed by atoms with Crippen LogP contribution in [0.1, 0.15) is 76.8 Å². The van der Waals surface area contributed by atoms with Crippen molar-refractivity contribution in [3.05, 3.63) is 71.9 Å². The Hall–Kier alpha value is -7.55. The lowest BCUT2D eigenvalue weighted by Crippen LogP contribution is -2.61. The van der Waals surface area contributed by atoms with Crippen molar-refractivity contribution in [3.63, 3.8) is 0 Å². The van der Waals surface area contributed by atoms with Crippen molar-refractivity contribution in [1.82, 2.24) is 42.2 Å². The number of hydrogen-bond acceptors (Lipinski definition) is 13. The second-order valence-corrected chi connectivity index (χ2v) is 21.4. The molecule has 0 aliphatic carbocycles. The first kappa shape index (κ1) is 60.0. The molecule has 1 aromatic heterocycles. The molecule has 1 aliphatic rings. The standard InChI is InChI=1S/C48H69N15O10S2/c1-26(64)57-31(15-9-20-54-46(50)51)39(66)60-34-19-22-74-75-48(2,3)38(45(72)73)63-44(71)36(24-28-25-56-30-14-8-7-13-29(28)30)62-40(67)32(16-10-21-55-47(52)53)58-43(70)35(23-27-11-5-4-6-12-27)61-41(68)33(59-42(34)69)17-18-37(49)65/h4-8,11-14,25,31-36,38,56H,9-10,15-24H2,1-3H3,(H2,49,65)(H,57,64)(H,58,70)(H,59,69)(H,60,66)(H,61,68)(H,62,67)(H,63,71)(H,72,73)(H4,50,51,54)(H4,52,53,55)/t31-,32+,33+,34+,35-,36+,38-/m1/s1. The van der Waals surface area contributed by atoms with Gasteiger partial charge in [0.15, 0.2) is 11.9 Å². The van der Waals surface area contributed by atoms with Gasteiger partial charge in [-0.1, -0.05) is 70.1 Å². The number of fused-ring (bicyclic) bond motifs is 1. The Morgan fingerprint density at radius 3 is 1.92 bits per heavy atom. The van der Waals surface area contributed by atoms with Crippen molar-refractivity contribution in [2.75, 3.05) is 18.8 Å². The molecule has 8 amide bonds. The topological polar surface area (TPSA) is 429 Å². The zero-order valence-electron chi connectivity index (χ0n) is 42.0. The Bertz CT molecular complexity index is 2550. The molecule has 0 bridgehead atoms. The summed E-state index contributed by atoms with van der Waals surface area (Å²) in [5, 5.41) is 30.0. The predicted molar refractivity (Wildman–Crippen MR) is 286 cm³/mol. The second-order valence-electron chi connectivity index (χ2n) is 18.3. The van der Waals surface area contributed by atoms with E-state index in [0.29, 0.717) is 11.1 Å². The summed E-state index contributed by atoms with van der Waals surface area (Å²) in [6.45, 7) is 4.51. The van der Waals surface area contributed by atoms with Crippen molar-refractivity contribution in [1.29, 1.82) is 0 Å². The lowest BCUT2D eigenvalue weighted by atomic mass is 10.00. The molecular formula is C48H69N15O10S2. The van der Waals surface area contributed by atoms with Crippen LogP contribution in [0, 0.1) is 0 Å². The highest BCUT2D eigenvalue weighted by molar-refractivity contribution is 8.77. The lowest BCUT2D eigenvalue weighted by molar-refractivity contribution is -0.143. The van der Waals surface area contributed by atoms with Crippen LogP contribution in [-0.2, 0) is 56.0 Å². The molecule has 2 heterocycles. The normalized spacial score (nSPS) is 21.5. The zero-order chi connectivity index (χ0) is 55.2. The van der Waals surface area contributed by atoms with Crippen LogP contribution in [0.4, 0.5) is 0 Å². The molecule has 19 N–H and O–H groups in total. The van der Waals surface area contributed by atoms with Crippen molar-refractivity contribution in [2.45, 2.75) is 126 Å². The Morgan fingerprint density at radius 1 is 0.733 bits per heavy atom. The number of aromatic amines is 1. The minimum absolute atomic E-state index is 0.0342. The number of amides is 8. The third-order valence-corrected chi connectivity index (χ3v) is 15.1. The van der Waals surface area contributed by atoms with E-state index in [-0.39, 0.29) is 82.1 Å². The highest BCUT2D eigenvalue weighted by Gasteiger charge is 2.40. The van der Waals surface area contributed by atoms with E-state index in [4.69, 9.17) is 28.7 Å². The number of carboxylic acids is 1. The maximum Gasteiger partial charge on any atom is 0.327 e. The van der Waals surface area contributed by atoms with Crippen LogP contribution < -0.4 is 65.9 Å². The summed E-state index contributed by atoms with van der Waals surface area (Å²) in [6.07, 6.45) is 0.849. The molecule has 1 fully saturated rings. The molecule has 408 valence electrons. The molecule has 25 nitrogen and oxygen atoms in total. The van der Waals surface area contributed by atoms with Gasteiger partial charge in [-0.25, -0.2) is 4.79 Å². The van der Waals surface area contributed by atoms with E-state index in [9.17, 15) is 48.3 Å². The zero-order valence-corrected chi connectivity index (χ0v) is 43.7. The maximum absolute atomic E-state index is 14.6. The molecule has 0 saturated carbocycles. The summed E-state index contributed by atoms with van der Waals surface area (Å²) in [6, 6.07) is 5.83. The molecule has 0 radical (unpaired) electrons. The number of nitrogens with one attached hydrogen (secondary N) is 8. The van der Waals surface area contributed by atoms with Crippen LogP contribution in [-0.4, -0.2) is 141 Å². The average Bonchev–Trinajstić information content (AvgIpc) is 3.75. The van der Waals surface area contributed by atoms with Crippen molar-refractivity contribution in [2.24, 2.45) is 38.7 Å². The summed E-state index contributed by atoms with van der Waals surface area (Å²) < 4.78 is -1.29. The Morgan fingerprint density at radius 2 is 1.29 bits per heavy atom. The number of primary amides is 1. The summed E-state index contributed by atoms with van der Waals surface area (Å²) in [5.41, 5.74) is 29.5. The van der Waals surface area contributed by atoms with Crippen LogP contribution in [0.3, 0.4) is 0 Å². The van der Waals surface area contributed by atoms with E-state index in [1.54, 1.807) is 56.4 Å². The number of aromatic nitrogens is 1. The van der Waals surface area contributed by atoms with Gasteiger partial charge in [-0.05, 0) is 69.6 Å². The maximum atomic E-state index is 14.6. The average molecular weight is 1080 g/mol. The number of benzene rings is 2. The van der Waals surface area contributed by atoms with Crippen LogP contribution >= 0.6 is 21.6 Å². The quantitative estimate of drug-likeness (QED) is 0.0278. The van der Waals surface area contributed by atoms with E-state index in [1.165, 1.54) is 6.92 Å². The number of nitrogens with two attached hydrogens (primary N) is 5. The smallest absolute Gasteiger partial charge is 0.327 e. The van der Waals surface area contributed by atoms with Gasteiger partial charge in [0.2, 0.25) is 47.3 Å². The number of aliphatic carboxylic acids is 1. The van der Waals surface area contributed by atoms with Gasteiger partial charge in [0.05, 0.1) is 4.75 Å². The second kappa shape index (κ2) is 29.4. The molecular weight excluding hydrogens is 1010 g/mol. The molecule has 0 unspecified atom stereocenters. The fourth-order valence-electron chi connectivity index (χ4n) is 7.95. The summed E-state index contributed by atoms with van der Waals surface area (Å²) in [5.74, 6) is -8.29. The van der Waals surface area contributed by atoms with E-state index < -0.39 is 107 Å². The number of guanidine groups is 2. The number of H-pyrrole nitrogens is 1. The Labute approximate surface area is 441 Å². The molecule has 0 spiro atoms. The van der Waals surface area contributed by atoms with Crippen molar-refractivity contribution >= 4 is 97.6 Å². The minimum atomic E-state index is -1.58. The SMILES string of the molecule is CC(=O)N[C@H](CCCN=C(N)N)C(=O)N[C@H]1CCSSC(C)(C)[C@@H](C(=O)O)NC(=O)[C@H](Cc2c[nH]c3ccccc23)NC(=O)[C@H](CCCN=C(N)N)NC(=O)[C@@H](Cc2ccccc2)NC(=O)[C@H](CCC(N)=O)NC1=O. The minimum Gasteiger partial charge on any atom is -0.480 e. The third-order valence-electron chi connectivity index (χ3n) is 11.8. The van der Waals surface area contributed by atoms with Crippen LogP contribution in [0.5, 0.6) is 0 Å². The van der Waals surface area contributed by atoms with Crippen LogP contribution in [0.25, 0.3) is 10.9 Å². The Kier molecular flexibility index (Phi) is 23.5. The van der Waals surface area contributed by atoms with Crippen molar-refractivity contribution < 1.29 is 48.3 Å². The van der Waals surface area contributed by atoms with Gasteiger partial charge < -0.3 is 76.0 Å². The molecule has 4 rings (SSSR count). The van der Waals surface area contributed by atoms with E-state index in [2.05, 4.69) is 52.2 Å². The summed E-state index contributed by atoms with van der Waals surface area (Å²) >= 11 is 0. The largest absolute Gasteiger partial charge is 0.480 e. The van der Waals surface area contributed by atoms with Gasteiger partial charge in [-0.2, -0.15) is 0 Å². The molecule has 3 aromatic rings. The van der Waals surface area contributed by atoms with E-state index in [0.717, 1.165) is 32.5 Å². The van der Waals surface area contributed by atoms with Gasteiger partial charge >= 0.3 is 5.97 Å². The third kappa shape index (κ3) is 20.0. The van der Waals surface area contributed by atoms with E-state index >= 15 is 0 Å². The van der Waals surface area contributed by atoms with Crippen molar-refractivity contribution in [3.8, 4) is 0 Å². The highest BCUT2D eigenvalue weighted by Crippen LogP contribution is 2.39. The first-order valence-corrected chi connectivity index (χ1v) is 26.5. The van der Waals surface area contributed by atoms with Gasteiger partial charge in [0.25, 0.3) is 0 Å². The van der Waals surface area contributed by atoms with E-state index in [1.807, 2.05) is 18.2 Å². The predicted octanol–water partition coefficient (Wildman–Crippen LogP) is -1.61. The number of para-hydroxylation sites is 1. The fourth-order valence-corrected chi connectivity index (χ4v) is 10.7. The van der Waals surface area contributed by atoms with Gasteiger partial charge in [-0.15, -0.1) is 0 Å². The number of carbonyl (C=O) groups is 9. The first-order chi connectivity index (χ1) is 35.5. The van der Waals surface area contributed by atoms with Gasteiger partial charge in [0.1, 0.15) is 42.3 Å². The molecule has 7 atom stereocenters. The highest BCUT2D eigenvalue weighted by atomic mass is 33.1. The molecule has 2 aromatic carbocycles. The van der Waals surface area contributed by atoms with Crippen LogP contribution in [0.2, 0.25) is 0 Å². The molecule has 1 saturated heterocycles. The fraction of sp³-hybridized carbons (Fsp3) is 0.479. The number of hydrogen-bond donors (Lipinski definition) is 14. The monoisotopic (exact) mass is 1080 g/mol. The lowest BCUT2D eigenvalue weighted by Gasteiger charge is -2.32.